The summed E-state index contributed by atoms with van der Waals surface area (Å²) in [5, 5.41) is 9.31. The Labute approximate surface area is 136 Å². The van der Waals surface area contributed by atoms with Gasteiger partial charge in [0.25, 0.3) is 0 Å². The summed E-state index contributed by atoms with van der Waals surface area (Å²) in [6.07, 6.45) is 0. The van der Waals surface area contributed by atoms with Gasteiger partial charge >= 0.3 is 0 Å². The van der Waals surface area contributed by atoms with Crippen LogP contribution in [0.15, 0.2) is 54.6 Å². The molecule has 0 saturated heterocycles. The third-order valence-corrected chi connectivity index (χ3v) is 3.60. The van der Waals surface area contributed by atoms with Gasteiger partial charge in [-0.3, -0.25) is 0 Å². The van der Waals surface area contributed by atoms with Crippen LogP contribution >= 0.6 is 11.6 Å². The Morgan fingerprint density at radius 1 is 0.913 bits per heavy atom. The Morgan fingerprint density at radius 3 is 2.17 bits per heavy atom. The second-order valence-corrected chi connectivity index (χ2v) is 5.21. The van der Waals surface area contributed by atoms with Gasteiger partial charge in [-0.2, -0.15) is 5.26 Å². The van der Waals surface area contributed by atoms with Gasteiger partial charge in [-0.1, -0.05) is 41.9 Å². The number of nitrogens with zero attached hydrogens (tertiary/aromatic N) is 2. The van der Waals surface area contributed by atoms with E-state index in [-0.39, 0.29) is 16.3 Å². The van der Waals surface area contributed by atoms with E-state index in [9.17, 15) is 14.0 Å². The summed E-state index contributed by atoms with van der Waals surface area (Å²) < 4.78 is 26.9. The minimum atomic E-state index is -0.705. The number of aromatic nitrogens is 1. The first kappa shape index (κ1) is 15.1. The van der Waals surface area contributed by atoms with Crippen molar-refractivity contribution in [3.8, 4) is 28.5 Å². The van der Waals surface area contributed by atoms with Gasteiger partial charge in [0, 0.05) is 17.2 Å². The summed E-state index contributed by atoms with van der Waals surface area (Å²) in [5.74, 6) is -1.41. The largest absolute Gasteiger partial charge is 0.235 e. The van der Waals surface area contributed by atoms with Crippen molar-refractivity contribution in [2.24, 2.45) is 0 Å². The van der Waals surface area contributed by atoms with Crippen molar-refractivity contribution in [3.05, 3.63) is 76.9 Å². The molecular weight excluding hydrogens is 318 g/mol. The lowest BCUT2D eigenvalue weighted by atomic mass is 9.99. The average molecular weight is 327 g/mol. The van der Waals surface area contributed by atoms with E-state index in [0.717, 1.165) is 11.6 Å². The first-order valence-corrected chi connectivity index (χ1v) is 7.09. The van der Waals surface area contributed by atoms with E-state index < -0.39 is 11.6 Å². The van der Waals surface area contributed by atoms with Crippen molar-refractivity contribution < 1.29 is 8.78 Å². The highest BCUT2D eigenvalue weighted by molar-refractivity contribution is 6.31. The number of benzene rings is 2. The van der Waals surface area contributed by atoms with Gasteiger partial charge in [0.15, 0.2) is 0 Å². The van der Waals surface area contributed by atoms with E-state index >= 15 is 0 Å². The molecule has 0 N–H and O–H groups in total. The van der Waals surface area contributed by atoms with Crippen LogP contribution < -0.4 is 0 Å². The zero-order valence-electron chi connectivity index (χ0n) is 11.7. The lowest BCUT2D eigenvalue weighted by Gasteiger charge is -2.09. The van der Waals surface area contributed by atoms with Crippen molar-refractivity contribution in [1.29, 1.82) is 5.26 Å². The molecule has 112 valence electrons. The smallest absolute Gasteiger partial charge is 0.148 e. The monoisotopic (exact) mass is 326 g/mol. The molecule has 0 amide bonds. The lowest BCUT2D eigenvalue weighted by molar-refractivity contribution is 0.584. The SMILES string of the molecule is N#Cc1c(-c2ccccc2)cc(-c2cc(F)cc(F)c2)nc1Cl. The van der Waals surface area contributed by atoms with E-state index in [1.54, 1.807) is 6.07 Å². The second-order valence-electron chi connectivity index (χ2n) is 4.86. The molecule has 0 spiro atoms. The van der Waals surface area contributed by atoms with E-state index in [2.05, 4.69) is 4.98 Å². The van der Waals surface area contributed by atoms with E-state index in [4.69, 9.17) is 11.6 Å². The van der Waals surface area contributed by atoms with E-state index in [1.807, 2.05) is 36.4 Å². The predicted octanol–water partition coefficient (Wildman–Crippen LogP) is 5.22. The number of nitriles is 1. The Morgan fingerprint density at radius 2 is 1.57 bits per heavy atom. The lowest BCUT2D eigenvalue weighted by Crippen LogP contribution is -1.94. The van der Waals surface area contributed by atoms with Gasteiger partial charge in [-0.05, 0) is 23.8 Å². The maximum absolute atomic E-state index is 13.4. The number of rotatable bonds is 2. The molecule has 0 aliphatic heterocycles. The topological polar surface area (TPSA) is 36.7 Å². The highest BCUT2D eigenvalue weighted by atomic mass is 35.5. The van der Waals surface area contributed by atoms with Crippen LogP contribution in [0.1, 0.15) is 5.56 Å². The minimum Gasteiger partial charge on any atom is -0.235 e. The second kappa shape index (κ2) is 6.15. The molecular formula is C18H9ClF2N2. The third-order valence-electron chi connectivity index (χ3n) is 3.33. The fraction of sp³-hybridized carbons (Fsp3) is 0. The van der Waals surface area contributed by atoms with E-state index in [1.165, 1.54) is 12.1 Å². The molecule has 2 nitrogen and oxygen atoms in total. The van der Waals surface area contributed by atoms with Crippen LogP contribution in [0.5, 0.6) is 0 Å². The summed E-state index contributed by atoms with van der Waals surface area (Å²) in [6, 6.07) is 15.9. The summed E-state index contributed by atoms with van der Waals surface area (Å²) in [7, 11) is 0. The van der Waals surface area contributed by atoms with Crippen LogP contribution in [-0.2, 0) is 0 Å². The van der Waals surface area contributed by atoms with Gasteiger partial charge in [-0.15, -0.1) is 0 Å². The zero-order valence-corrected chi connectivity index (χ0v) is 12.5. The normalized spacial score (nSPS) is 10.3. The van der Waals surface area contributed by atoms with Gasteiger partial charge in [0.1, 0.15) is 22.9 Å². The first-order valence-electron chi connectivity index (χ1n) is 6.71. The Bertz CT molecular complexity index is 898. The molecule has 1 aromatic heterocycles. The number of hydrogen-bond donors (Lipinski definition) is 0. The summed E-state index contributed by atoms with van der Waals surface area (Å²) in [5.41, 5.74) is 2.11. The molecule has 0 aliphatic carbocycles. The number of hydrogen-bond acceptors (Lipinski definition) is 2. The number of pyridine rings is 1. The Hall–Kier alpha value is -2.77. The third kappa shape index (κ3) is 3.05. The molecule has 0 aliphatic rings. The van der Waals surface area contributed by atoms with Crippen molar-refractivity contribution in [3.63, 3.8) is 0 Å². The van der Waals surface area contributed by atoms with Crippen LogP contribution in [-0.4, -0.2) is 4.98 Å². The van der Waals surface area contributed by atoms with Gasteiger partial charge < -0.3 is 0 Å². The van der Waals surface area contributed by atoms with Crippen molar-refractivity contribution in [1.82, 2.24) is 4.98 Å². The predicted molar refractivity (Wildman–Crippen MR) is 84.8 cm³/mol. The van der Waals surface area contributed by atoms with Crippen molar-refractivity contribution in [2.75, 3.05) is 0 Å². The molecule has 2 aromatic carbocycles. The fourth-order valence-corrected chi connectivity index (χ4v) is 2.55. The molecule has 0 saturated carbocycles. The van der Waals surface area contributed by atoms with Crippen LogP contribution in [0.3, 0.4) is 0 Å². The average Bonchev–Trinajstić information content (AvgIpc) is 2.54. The standard InChI is InChI=1S/C18H9ClF2N2/c19-18-16(10-22)15(11-4-2-1-3-5-11)9-17(23-18)12-6-13(20)8-14(21)7-12/h1-9H. The fourth-order valence-electron chi connectivity index (χ4n) is 2.32. The molecule has 0 atom stereocenters. The number of halogens is 3. The summed E-state index contributed by atoms with van der Waals surface area (Å²) in [6.45, 7) is 0. The van der Waals surface area contributed by atoms with Crippen LogP contribution in [0.2, 0.25) is 5.15 Å². The molecule has 23 heavy (non-hydrogen) atoms. The Balaban J connectivity index is 2.25. The first-order chi connectivity index (χ1) is 11.1. The summed E-state index contributed by atoms with van der Waals surface area (Å²) in [4.78, 5) is 4.09. The molecule has 5 heteroatoms. The summed E-state index contributed by atoms with van der Waals surface area (Å²) >= 11 is 6.09. The maximum Gasteiger partial charge on any atom is 0.148 e. The minimum absolute atomic E-state index is 0.00600. The molecule has 0 fully saturated rings. The van der Waals surface area contributed by atoms with Crippen molar-refractivity contribution >= 4 is 11.6 Å². The highest BCUT2D eigenvalue weighted by Gasteiger charge is 2.14. The molecule has 0 radical (unpaired) electrons. The quantitative estimate of drug-likeness (QED) is 0.605. The molecule has 1 heterocycles. The molecule has 3 aromatic rings. The van der Waals surface area contributed by atoms with Gasteiger partial charge in [0.05, 0.1) is 11.3 Å². The van der Waals surface area contributed by atoms with Crippen LogP contribution in [0, 0.1) is 23.0 Å². The van der Waals surface area contributed by atoms with E-state index in [0.29, 0.717) is 11.3 Å². The van der Waals surface area contributed by atoms with Crippen LogP contribution in [0.25, 0.3) is 22.4 Å². The van der Waals surface area contributed by atoms with Gasteiger partial charge in [0.2, 0.25) is 0 Å². The molecule has 0 bridgehead atoms. The van der Waals surface area contributed by atoms with Gasteiger partial charge in [-0.25, -0.2) is 13.8 Å². The van der Waals surface area contributed by atoms with Crippen molar-refractivity contribution in [2.45, 2.75) is 0 Å². The van der Waals surface area contributed by atoms with Crippen LogP contribution in [0.4, 0.5) is 8.78 Å². The molecule has 3 rings (SSSR count). The molecule has 0 unspecified atom stereocenters. The Kier molecular flexibility index (Phi) is 4.05. The zero-order chi connectivity index (χ0) is 16.4. The maximum atomic E-state index is 13.4. The highest BCUT2D eigenvalue weighted by Crippen LogP contribution is 2.32.